The normalized spacial score (nSPS) is 19.1. The number of pyridine rings is 1. The van der Waals surface area contributed by atoms with Gasteiger partial charge in [-0.3, -0.25) is 19.4 Å². The summed E-state index contributed by atoms with van der Waals surface area (Å²) in [7, 11) is 0. The van der Waals surface area contributed by atoms with Gasteiger partial charge in [0.15, 0.2) is 11.4 Å². The number of hydrogen-bond donors (Lipinski definition) is 0. The van der Waals surface area contributed by atoms with Crippen molar-refractivity contribution in [1.29, 1.82) is 0 Å². The molecular formula is C12H12N2O3S. The second-order valence-corrected chi connectivity index (χ2v) is 5.47. The SMILES string of the molecule is CC(=O)SC1CC(=O)N(c2ccncc2C=O)C1. The van der Waals surface area contributed by atoms with Gasteiger partial charge in [-0.15, -0.1) is 0 Å². The molecule has 0 aliphatic carbocycles. The zero-order valence-corrected chi connectivity index (χ0v) is 10.6. The molecule has 0 N–H and O–H groups in total. The molecule has 1 aromatic rings. The van der Waals surface area contributed by atoms with E-state index in [1.165, 1.54) is 24.9 Å². The number of aldehydes is 1. The molecule has 0 saturated carbocycles. The van der Waals surface area contributed by atoms with Gasteiger partial charge in [0.05, 0.1) is 11.3 Å². The largest absolute Gasteiger partial charge is 0.310 e. The van der Waals surface area contributed by atoms with Crippen LogP contribution in [0.3, 0.4) is 0 Å². The van der Waals surface area contributed by atoms with Crippen LogP contribution in [0.15, 0.2) is 18.5 Å². The highest BCUT2D eigenvalue weighted by molar-refractivity contribution is 8.14. The molecule has 1 aliphatic rings. The number of anilines is 1. The van der Waals surface area contributed by atoms with Crippen molar-refractivity contribution in [2.24, 2.45) is 0 Å². The Kier molecular flexibility index (Phi) is 3.76. The van der Waals surface area contributed by atoms with E-state index in [0.29, 0.717) is 30.5 Å². The van der Waals surface area contributed by atoms with E-state index in [1.807, 2.05) is 0 Å². The van der Waals surface area contributed by atoms with Gasteiger partial charge in [0.1, 0.15) is 0 Å². The molecule has 18 heavy (non-hydrogen) atoms. The maximum atomic E-state index is 11.9. The highest BCUT2D eigenvalue weighted by Crippen LogP contribution is 2.29. The summed E-state index contributed by atoms with van der Waals surface area (Å²) in [6.07, 6.45) is 3.98. The van der Waals surface area contributed by atoms with Gasteiger partial charge in [0, 0.05) is 37.5 Å². The van der Waals surface area contributed by atoms with E-state index in [2.05, 4.69) is 4.98 Å². The predicted molar refractivity (Wildman–Crippen MR) is 68.7 cm³/mol. The molecule has 1 unspecified atom stereocenters. The summed E-state index contributed by atoms with van der Waals surface area (Å²) < 4.78 is 0. The Morgan fingerprint density at radius 3 is 3.06 bits per heavy atom. The minimum atomic E-state index is -0.0666. The number of carbonyl (C=O) groups is 3. The second kappa shape index (κ2) is 5.30. The van der Waals surface area contributed by atoms with Gasteiger partial charge in [-0.2, -0.15) is 0 Å². The Hall–Kier alpha value is -1.69. The van der Waals surface area contributed by atoms with Crippen molar-refractivity contribution in [3.63, 3.8) is 0 Å². The second-order valence-electron chi connectivity index (χ2n) is 3.99. The van der Waals surface area contributed by atoms with Gasteiger partial charge in [-0.25, -0.2) is 0 Å². The van der Waals surface area contributed by atoms with Crippen LogP contribution < -0.4 is 4.90 Å². The first kappa shape index (κ1) is 12.8. The Morgan fingerprint density at radius 1 is 1.61 bits per heavy atom. The van der Waals surface area contributed by atoms with Crippen LogP contribution >= 0.6 is 11.8 Å². The Bertz CT molecular complexity index is 504. The van der Waals surface area contributed by atoms with Gasteiger partial charge in [0.25, 0.3) is 0 Å². The first-order valence-electron chi connectivity index (χ1n) is 5.48. The van der Waals surface area contributed by atoms with Crippen molar-refractivity contribution in [1.82, 2.24) is 4.98 Å². The van der Waals surface area contributed by atoms with E-state index in [1.54, 1.807) is 17.2 Å². The fraction of sp³-hybridized carbons (Fsp3) is 0.333. The van der Waals surface area contributed by atoms with Crippen LogP contribution in [0.25, 0.3) is 0 Å². The molecule has 1 saturated heterocycles. The molecule has 0 aromatic carbocycles. The summed E-state index contributed by atoms with van der Waals surface area (Å²) in [5.41, 5.74) is 0.955. The van der Waals surface area contributed by atoms with Crippen molar-refractivity contribution < 1.29 is 14.4 Å². The molecule has 1 aliphatic heterocycles. The van der Waals surface area contributed by atoms with Crippen LogP contribution in [0.4, 0.5) is 5.69 Å². The zero-order chi connectivity index (χ0) is 13.1. The lowest BCUT2D eigenvalue weighted by Gasteiger charge is -2.17. The molecule has 0 spiro atoms. The highest BCUT2D eigenvalue weighted by atomic mass is 32.2. The van der Waals surface area contributed by atoms with Gasteiger partial charge in [0.2, 0.25) is 5.91 Å². The number of aromatic nitrogens is 1. The molecule has 94 valence electrons. The predicted octanol–water partition coefficient (Wildman–Crippen LogP) is 1.28. The van der Waals surface area contributed by atoms with Gasteiger partial charge < -0.3 is 4.90 Å². The quantitative estimate of drug-likeness (QED) is 0.769. The summed E-state index contributed by atoms with van der Waals surface area (Å²) in [5.74, 6) is -0.0666. The van der Waals surface area contributed by atoms with E-state index in [4.69, 9.17) is 0 Å². The molecule has 0 radical (unpaired) electrons. The maximum absolute atomic E-state index is 11.9. The van der Waals surface area contributed by atoms with Crippen LogP contribution in [0.5, 0.6) is 0 Å². The average Bonchev–Trinajstić information content (AvgIpc) is 2.69. The van der Waals surface area contributed by atoms with Gasteiger partial charge in [-0.1, -0.05) is 11.8 Å². The minimum Gasteiger partial charge on any atom is -0.310 e. The summed E-state index contributed by atoms with van der Waals surface area (Å²) in [6, 6.07) is 1.64. The van der Waals surface area contributed by atoms with E-state index < -0.39 is 0 Å². The Morgan fingerprint density at radius 2 is 2.39 bits per heavy atom. The number of thioether (sulfide) groups is 1. The van der Waals surface area contributed by atoms with Crippen molar-refractivity contribution in [3.05, 3.63) is 24.0 Å². The topological polar surface area (TPSA) is 67.3 Å². The smallest absolute Gasteiger partial charge is 0.228 e. The summed E-state index contributed by atoms with van der Waals surface area (Å²) in [6.45, 7) is 1.94. The lowest BCUT2D eigenvalue weighted by Crippen LogP contribution is -2.26. The number of hydrogen-bond acceptors (Lipinski definition) is 5. The summed E-state index contributed by atoms with van der Waals surface area (Å²) in [5, 5.41) is -0.0392. The molecule has 0 bridgehead atoms. The van der Waals surface area contributed by atoms with Crippen molar-refractivity contribution in [2.75, 3.05) is 11.4 Å². The molecule has 1 aromatic heterocycles. The third-order valence-electron chi connectivity index (χ3n) is 2.67. The number of rotatable bonds is 3. The fourth-order valence-electron chi connectivity index (χ4n) is 1.96. The van der Waals surface area contributed by atoms with E-state index in [0.717, 1.165) is 0 Å². The van der Waals surface area contributed by atoms with Crippen LogP contribution in [-0.4, -0.2) is 34.1 Å². The molecule has 1 amide bonds. The lowest BCUT2D eigenvalue weighted by molar-refractivity contribution is -0.117. The average molecular weight is 264 g/mol. The molecule has 1 atom stereocenters. The standard InChI is InChI=1S/C12H12N2O3S/c1-8(16)18-10-4-12(17)14(6-10)11-2-3-13-5-9(11)7-15/h2-3,5,7,10H,4,6H2,1H3. The van der Waals surface area contributed by atoms with Gasteiger partial charge >= 0.3 is 0 Å². The van der Waals surface area contributed by atoms with E-state index in [9.17, 15) is 14.4 Å². The monoisotopic (exact) mass is 264 g/mol. The summed E-state index contributed by atoms with van der Waals surface area (Å²) >= 11 is 1.17. The van der Waals surface area contributed by atoms with Gasteiger partial charge in [-0.05, 0) is 6.07 Å². The molecule has 2 heterocycles. The first-order chi connectivity index (χ1) is 8.61. The summed E-state index contributed by atoms with van der Waals surface area (Å²) in [4.78, 5) is 39.3. The maximum Gasteiger partial charge on any atom is 0.228 e. The lowest BCUT2D eigenvalue weighted by atomic mass is 10.2. The molecule has 2 rings (SSSR count). The van der Waals surface area contributed by atoms with Crippen molar-refractivity contribution in [3.8, 4) is 0 Å². The van der Waals surface area contributed by atoms with Crippen molar-refractivity contribution >= 4 is 34.8 Å². The highest BCUT2D eigenvalue weighted by Gasteiger charge is 2.32. The third kappa shape index (κ3) is 2.59. The van der Waals surface area contributed by atoms with Crippen LogP contribution in [0.2, 0.25) is 0 Å². The molecule has 6 heteroatoms. The van der Waals surface area contributed by atoms with Crippen molar-refractivity contribution in [2.45, 2.75) is 18.6 Å². The Balaban J connectivity index is 2.21. The third-order valence-corrected chi connectivity index (χ3v) is 3.65. The zero-order valence-electron chi connectivity index (χ0n) is 9.83. The Labute approximate surface area is 109 Å². The first-order valence-corrected chi connectivity index (χ1v) is 6.36. The molecule has 1 fully saturated rings. The minimum absolute atomic E-state index is 0.0000100. The van der Waals surface area contributed by atoms with Crippen LogP contribution in [-0.2, 0) is 9.59 Å². The van der Waals surface area contributed by atoms with Crippen LogP contribution in [0, 0.1) is 0 Å². The molecular weight excluding hydrogens is 252 g/mol. The molecule has 5 nitrogen and oxygen atoms in total. The van der Waals surface area contributed by atoms with E-state index >= 15 is 0 Å². The number of amides is 1. The number of carbonyl (C=O) groups excluding carboxylic acids is 3. The van der Waals surface area contributed by atoms with Crippen LogP contribution in [0.1, 0.15) is 23.7 Å². The van der Waals surface area contributed by atoms with E-state index in [-0.39, 0.29) is 16.3 Å². The fourth-order valence-corrected chi connectivity index (χ4v) is 2.88. The number of nitrogens with zero attached hydrogens (tertiary/aromatic N) is 2.